The van der Waals surface area contributed by atoms with Gasteiger partial charge in [-0.05, 0) is 37.1 Å². The zero-order valence-corrected chi connectivity index (χ0v) is 13.4. The molecule has 0 radical (unpaired) electrons. The number of carbonyl (C=O) groups is 1. The number of nitrogens with zero attached hydrogens (tertiary/aromatic N) is 2. The predicted octanol–water partition coefficient (Wildman–Crippen LogP) is 3.10. The van der Waals surface area contributed by atoms with Crippen LogP contribution in [0.3, 0.4) is 0 Å². The summed E-state index contributed by atoms with van der Waals surface area (Å²) in [6.07, 6.45) is 4.70. The van der Waals surface area contributed by atoms with Crippen LogP contribution in [-0.2, 0) is 6.42 Å². The van der Waals surface area contributed by atoms with Crippen LogP contribution in [0.25, 0.3) is 16.4 Å². The summed E-state index contributed by atoms with van der Waals surface area (Å²) < 4.78 is 1.93. The van der Waals surface area contributed by atoms with E-state index in [0.717, 1.165) is 23.3 Å². The van der Waals surface area contributed by atoms with Crippen LogP contribution >= 0.6 is 0 Å². The fourth-order valence-electron chi connectivity index (χ4n) is 3.09. The average molecular weight is 318 g/mol. The van der Waals surface area contributed by atoms with E-state index >= 15 is 0 Å². The summed E-state index contributed by atoms with van der Waals surface area (Å²) in [6.45, 7) is 2.47. The smallest absolute Gasteiger partial charge is 0.272 e. The summed E-state index contributed by atoms with van der Waals surface area (Å²) in [5.41, 5.74) is 3.64. The van der Waals surface area contributed by atoms with E-state index in [1.165, 1.54) is 10.9 Å². The standard InChI is InChI=1S/C19H18N4O/c1-13-22-18(17-8-4-5-11-23(13)17)19(24)20-10-9-14-12-21-16-7-3-2-6-15(14)16/h2-8,11-12,21H,9-10H2,1H3,(H,20,24). The Bertz CT molecular complexity index is 1030. The summed E-state index contributed by atoms with van der Waals surface area (Å²) in [5.74, 6) is 0.680. The lowest BCUT2D eigenvalue weighted by Gasteiger charge is -2.03. The van der Waals surface area contributed by atoms with E-state index in [0.29, 0.717) is 12.2 Å². The van der Waals surface area contributed by atoms with Crippen molar-refractivity contribution in [1.29, 1.82) is 0 Å². The third-order valence-corrected chi connectivity index (χ3v) is 4.29. The van der Waals surface area contributed by atoms with Gasteiger partial charge in [0.25, 0.3) is 5.91 Å². The number of aromatic amines is 1. The molecule has 120 valence electrons. The third-order valence-electron chi connectivity index (χ3n) is 4.29. The van der Waals surface area contributed by atoms with Crippen molar-refractivity contribution in [3.63, 3.8) is 0 Å². The van der Waals surface area contributed by atoms with Crippen molar-refractivity contribution in [2.45, 2.75) is 13.3 Å². The first-order chi connectivity index (χ1) is 11.7. The van der Waals surface area contributed by atoms with Crippen molar-refractivity contribution in [3.8, 4) is 0 Å². The van der Waals surface area contributed by atoms with E-state index in [9.17, 15) is 4.79 Å². The van der Waals surface area contributed by atoms with Gasteiger partial charge in [0, 0.05) is 29.8 Å². The molecule has 0 fully saturated rings. The maximum absolute atomic E-state index is 12.5. The highest BCUT2D eigenvalue weighted by molar-refractivity contribution is 5.99. The number of aromatic nitrogens is 3. The Morgan fingerprint density at radius 1 is 1.21 bits per heavy atom. The minimum absolute atomic E-state index is 0.133. The number of H-pyrrole nitrogens is 1. The Balaban J connectivity index is 1.48. The largest absolute Gasteiger partial charge is 0.361 e. The number of fused-ring (bicyclic) bond motifs is 2. The zero-order valence-electron chi connectivity index (χ0n) is 13.4. The minimum Gasteiger partial charge on any atom is -0.361 e. The van der Waals surface area contributed by atoms with Crippen LogP contribution in [0.4, 0.5) is 0 Å². The number of hydrogen-bond acceptors (Lipinski definition) is 2. The molecule has 4 rings (SSSR count). The number of hydrogen-bond donors (Lipinski definition) is 2. The molecule has 0 aliphatic rings. The molecule has 1 aromatic carbocycles. The molecule has 4 aromatic rings. The minimum atomic E-state index is -0.133. The number of imidazole rings is 1. The Kier molecular flexibility index (Phi) is 3.54. The Labute approximate surface area is 139 Å². The lowest BCUT2D eigenvalue weighted by molar-refractivity contribution is 0.0951. The average Bonchev–Trinajstić information content (AvgIpc) is 3.17. The molecule has 1 amide bonds. The van der Waals surface area contributed by atoms with Gasteiger partial charge in [-0.25, -0.2) is 4.98 Å². The second-order valence-corrected chi connectivity index (χ2v) is 5.83. The van der Waals surface area contributed by atoms with Gasteiger partial charge in [-0.2, -0.15) is 0 Å². The normalized spacial score (nSPS) is 11.2. The fourth-order valence-corrected chi connectivity index (χ4v) is 3.09. The molecule has 0 unspecified atom stereocenters. The molecule has 24 heavy (non-hydrogen) atoms. The van der Waals surface area contributed by atoms with Gasteiger partial charge in [-0.15, -0.1) is 0 Å². The van der Waals surface area contributed by atoms with Crippen molar-refractivity contribution >= 4 is 22.3 Å². The van der Waals surface area contributed by atoms with Gasteiger partial charge < -0.3 is 14.7 Å². The van der Waals surface area contributed by atoms with Crippen molar-refractivity contribution in [1.82, 2.24) is 19.7 Å². The summed E-state index contributed by atoms with van der Waals surface area (Å²) in [6, 6.07) is 13.9. The second kappa shape index (κ2) is 5.85. The quantitative estimate of drug-likeness (QED) is 0.607. The number of amides is 1. The highest BCUT2D eigenvalue weighted by Crippen LogP contribution is 2.18. The van der Waals surface area contributed by atoms with Crippen LogP contribution in [0.1, 0.15) is 21.9 Å². The molecule has 5 heteroatoms. The Morgan fingerprint density at radius 3 is 2.96 bits per heavy atom. The molecule has 2 N–H and O–H groups in total. The lowest BCUT2D eigenvalue weighted by Crippen LogP contribution is -2.26. The van der Waals surface area contributed by atoms with E-state index in [2.05, 4.69) is 27.4 Å². The topological polar surface area (TPSA) is 62.2 Å². The lowest BCUT2D eigenvalue weighted by atomic mass is 10.1. The van der Waals surface area contributed by atoms with Crippen molar-refractivity contribution in [2.24, 2.45) is 0 Å². The maximum atomic E-state index is 12.5. The predicted molar refractivity (Wildman–Crippen MR) is 94.3 cm³/mol. The highest BCUT2D eigenvalue weighted by Gasteiger charge is 2.15. The van der Waals surface area contributed by atoms with Crippen LogP contribution in [-0.4, -0.2) is 26.8 Å². The summed E-state index contributed by atoms with van der Waals surface area (Å²) in [4.78, 5) is 20.1. The molecular formula is C19H18N4O. The molecule has 0 atom stereocenters. The van der Waals surface area contributed by atoms with Crippen LogP contribution in [0.15, 0.2) is 54.9 Å². The molecule has 0 saturated carbocycles. The van der Waals surface area contributed by atoms with E-state index in [1.807, 2.05) is 54.0 Å². The van der Waals surface area contributed by atoms with Gasteiger partial charge >= 0.3 is 0 Å². The van der Waals surface area contributed by atoms with E-state index in [4.69, 9.17) is 0 Å². The van der Waals surface area contributed by atoms with Gasteiger partial charge in [0.15, 0.2) is 5.69 Å². The molecule has 0 aliphatic carbocycles. The van der Waals surface area contributed by atoms with Crippen LogP contribution in [0, 0.1) is 6.92 Å². The second-order valence-electron chi connectivity index (χ2n) is 5.83. The van der Waals surface area contributed by atoms with Crippen LogP contribution in [0.5, 0.6) is 0 Å². The number of carbonyl (C=O) groups excluding carboxylic acids is 1. The van der Waals surface area contributed by atoms with Gasteiger partial charge in [0.2, 0.25) is 0 Å². The highest BCUT2D eigenvalue weighted by atomic mass is 16.1. The SMILES string of the molecule is Cc1nc(C(=O)NCCc2c[nH]c3ccccc23)c2ccccn12. The van der Waals surface area contributed by atoms with E-state index in [1.54, 1.807) is 0 Å². The molecule has 0 aliphatic heterocycles. The van der Waals surface area contributed by atoms with Crippen molar-refractivity contribution < 1.29 is 4.79 Å². The molecule has 0 bridgehead atoms. The summed E-state index contributed by atoms with van der Waals surface area (Å²) >= 11 is 0. The van der Waals surface area contributed by atoms with Crippen molar-refractivity contribution in [3.05, 3.63) is 71.9 Å². The van der Waals surface area contributed by atoms with Crippen LogP contribution < -0.4 is 5.32 Å². The molecular weight excluding hydrogens is 300 g/mol. The molecule has 0 spiro atoms. The summed E-state index contributed by atoms with van der Waals surface area (Å²) in [5, 5.41) is 4.18. The van der Waals surface area contributed by atoms with E-state index in [-0.39, 0.29) is 5.91 Å². The Hall–Kier alpha value is -3.08. The zero-order chi connectivity index (χ0) is 16.5. The molecule has 5 nitrogen and oxygen atoms in total. The maximum Gasteiger partial charge on any atom is 0.272 e. The van der Waals surface area contributed by atoms with Gasteiger partial charge in [0.1, 0.15) is 5.82 Å². The molecule has 3 aromatic heterocycles. The van der Waals surface area contributed by atoms with Gasteiger partial charge in [0.05, 0.1) is 5.52 Å². The van der Waals surface area contributed by atoms with Gasteiger partial charge in [-0.3, -0.25) is 4.79 Å². The first-order valence-corrected chi connectivity index (χ1v) is 8.01. The van der Waals surface area contributed by atoms with Gasteiger partial charge in [-0.1, -0.05) is 24.3 Å². The third kappa shape index (κ3) is 2.44. The number of rotatable bonds is 4. The number of para-hydroxylation sites is 1. The Morgan fingerprint density at radius 2 is 2.04 bits per heavy atom. The number of nitrogens with one attached hydrogen (secondary N) is 2. The number of benzene rings is 1. The summed E-state index contributed by atoms with van der Waals surface area (Å²) in [7, 11) is 0. The van der Waals surface area contributed by atoms with Crippen LogP contribution in [0.2, 0.25) is 0 Å². The molecule has 0 saturated heterocycles. The molecule has 3 heterocycles. The van der Waals surface area contributed by atoms with E-state index < -0.39 is 0 Å². The first kappa shape index (κ1) is 14.5. The fraction of sp³-hybridized carbons (Fsp3) is 0.158. The number of aryl methyl sites for hydroxylation is 1. The monoisotopic (exact) mass is 318 g/mol. The number of pyridine rings is 1. The van der Waals surface area contributed by atoms with Crippen molar-refractivity contribution in [2.75, 3.05) is 6.54 Å². The first-order valence-electron chi connectivity index (χ1n) is 8.01.